The van der Waals surface area contributed by atoms with Gasteiger partial charge in [0, 0.05) is 11.1 Å². The fourth-order valence-electron chi connectivity index (χ4n) is 2.47. The van der Waals surface area contributed by atoms with Crippen molar-refractivity contribution in [3.05, 3.63) is 60.2 Å². The molecule has 0 aliphatic carbocycles. The molecule has 4 heteroatoms. The maximum absolute atomic E-state index is 11.6. The Balaban J connectivity index is 2.91. The number of hydrogen-bond acceptors (Lipinski definition) is 3. The van der Waals surface area contributed by atoms with Crippen LogP contribution in [0.1, 0.15) is 21.5 Å². The van der Waals surface area contributed by atoms with Crippen LogP contribution in [0, 0.1) is 0 Å². The summed E-state index contributed by atoms with van der Waals surface area (Å²) in [6, 6.07) is 8.61. The average Bonchev–Trinajstić information content (AvgIpc) is 2.59. The molecule has 0 saturated carbocycles. The van der Waals surface area contributed by atoms with Crippen LogP contribution in [0.2, 0.25) is 0 Å². The van der Waals surface area contributed by atoms with Crippen LogP contribution < -0.4 is 9.47 Å². The van der Waals surface area contributed by atoms with Gasteiger partial charge in [-0.05, 0) is 29.3 Å². The van der Waals surface area contributed by atoms with Crippen LogP contribution >= 0.6 is 0 Å². The zero-order valence-corrected chi connectivity index (χ0v) is 13.1. The molecule has 0 spiro atoms. The number of methoxy groups -OCH3 is 2. The molecule has 23 heavy (non-hydrogen) atoms. The summed E-state index contributed by atoms with van der Waals surface area (Å²) in [7, 11) is 3.06. The highest BCUT2D eigenvalue weighted by molar-refractivity contribution is 5.99. The molecule has 0 amide bonds. The summed E-state index contributed by atoms with van der Waals surface area (Å²) < 4.78 is 10.8. The highest BCUT2D eigenvalue weighted by Crippen LogP contribution is 2.42. The Morgan fingerprint density at radius 2 is 1.83 bits per heavy atom. The molecule has 0 heterocycles. The van der Waals surface area contributed by atoms with Crippen molar-refractivity contribution in [1.29, 1.82) is 0 Å². The second kappa shape index (κ2) is 6.83. The second-order valence-corrected chi connectivity index (χ2v) is 4.78. The van der Waals surface area contributed by atoms with Gasteiger partial charge in [0.25, 0.3) is 0 Å². The van der Waals surface area contributed by atoms with Gasteiger partial charge >= 0.3 is 5.97 Å². The number of rotatable bonds is 6. The monoisotopic (exact) mass is 310 g/mol. The molecule has 2 rings (SSSR count). The lowest BCUT2D eigenvalue weighted by molar-refractivity contribution is 0.0697. The van der Waals surface area contributed by atoms with Crippen molar-refractivity contribution in [2.45, 2.75) is 0 Å². The van der Waals surface area contributed by atoms with Gasteiger partial charge in [-0.1, -0.05) is 37.4 Å². The van der Waals surface area contributed by atoms with Gasteiger partial charge in [-0.3, -0.25) is 0 Å². The minimum absolute atomic E-state index is 0.172. The fraction of sp³-hybridized carbons (Fsp3) is 0.105. The molecule has 0 bridgehead atoms. The van der Waals surface area contributed by atoms with E-state index in [1.165, 1.54) is 14.2 Å². The van der Waals surface area contributed by atoms with Gasteiger partial charge in [-0.15, -0.1) is 0 Å². The molecule has 2 aromatic rings. The molecule has 0 aromatic heterocycles. The number of carboxylic acid groups (broad SMARTS) is 1. The molecular formula is C19H18O4. The Morgan fingerprint density at radius 1 is 1.09 bits per heavy atom. The first-order valence-corrected chi connectivity index (χ1v) is 6.95. The van der Waals surface area contributed by atoms with Crippen LogP contribution in [0.5, 0.6) is 11.5 Å². The van der Waals surface area contributed by atoms with E-state index in [2.05, 4.69) is 13.2 Å². The van der Waals surface area contributed by atoms with Crippen LogP contribution in [0.15, 0.2) is 43.5 Å². The summed E-state index contributed by atoms with van der Waals surface area (Å²) in [6.07, 6.45) is 3.32. The van der Waals surface area contributed by atoms with Gasteiger partial charge < -0.3 is 14.6 Å². The van der Waals surface area contributed by atoms with E-state index in [0.717, 1.165) is 11.1 Å². The minimum Gasteiger partial charge on any atom is -0.493 e. The largest absolute Gasteiger partial charge is 0.493 e. The van der Waals surface area contributed by atoms with Crippen molar-refractivity contribution in [3.63, 3.8) is 0 Å². The highest BCUT2D eigenvalue weighted by atomic mass is 16.5. The molecule has 0 fully saturated rings. The number of ether oxygens (including phenoxy) is 2. The lowest BCUT2D eigenvalue weighted by atomic mass is 9.92. The molecule has 1 N–H and O–H groups in total. The Kier molecular flexibility index (Phi) is 4.86. The normalized spacial score (nSPS) is 10.0. The SMILES string of the molecule is C=Cc1ccc(C(=O)O)c(-c2c(C=C)ccc(OC)c2OC)c1. The molecule has 0 atom stereocenters. The van der Waals surface area contributed by atoms with E-state index in [0.29, 0.717) is 22.6 Å². The summed E-state index contributed by atoms with van der Waals surface area (Å²) in [6.45, 7) is 7.54. The first kappa shape index (κ1) is 16.4. The van der Waals surface area contributed by atoms with Gasteiger partial charge in [0.2, 0.25) is 0 Å². The van der Waals surface area contributed by atoms with Gasteiger partial charge in [-0.25, -0.2) is 4.79 Å². The Hall–Kier alpha value is -3.01. The molecule has 118 valence electrons. The lowest BCUT2D eigenvalue weighted by Crippen LogP contribution is -2.03. The van der Waals surface area contributed by atoms with Crippen molar-refractivity contribution in [3.8, 4) is 22.6 Å². The van der Waals surface area contributed by atoms with Crippen molar-refractivity contribution in [2.24, 2.45) is 0 Å². The van der Waals surface area contributed by atoms with Crippen LogP contribution in [-0.2, 0) is 0 Å². The van der Waals surface area contributed by atoms with Crippen LogP contribution in [-0.4, -0.2) is 25.3 Å². The van der Waals surface area contributed by atoms with Gasteiger partial charge in [0.15, 0.2) is 11.5 Å². The van der Waals surface area contributed by atoms with Crippen LogP contribution in [0.4, 0.5) is 0 Å². The van der Waals surface area contributed by atoms with E-state index in [1.54, 1.807) is 36.4 Å². The van der Waals surface area contributed by atoms with Gasteiger partial charge in [0.1, 0.15) is 0 Å². The zero-order valence-electron chi connectivity index (χ0n) is 13.1. The third kappa shape index (κ3) is 2.97. The van der Waals surface area contributed by atoms with E-state index in [-0.39, 0.29) is 5.56 Å². The number of hydrogen-bond donors (Lipinski definition) is 1. The first-order chi connectivity index (χ1) is 11.1. The summed E-state index contributed by atoms with van der Waals surface area (Å²) in [5.41, 5.74) is 2.89. The third-order valence-corrected chi connectivity index (χ3v) is 3.58. The first-order valence-electron chi connectivity index (χ1n) is 6.95. The predicted molar refractivity (Wildman–Crippen MR) is 92.1 cm³/mol. The maximum atomic E-state index is 11.6. The van der Waals surface area contributed by atoms with Crippen molar-refractivity contribution in [2.75, 3.05) is 14.2 Å². The predicted octanol–water partition coefficient (Wildman–Crippen LogP) is 4.36. The molecule has 0 aliphatic heterocycles. The van der Waals surface area contributed by atoms with E-state index in [9.17, 15) is 9.90 Å². The molecule has 2 aromatic carbocycles. The minimum atomic E-state index is -1.02. The van der Waals surface area contributed by atoms with Gasteiger partial charge in [-0.2, -0.15) is 0 Å². The summed E-state index contributed by atoms with van der Waals surface area (Å²) in [5.74, 6) is -0.0300. The van der Waals surface area contributed by atoms with E-state index in [1.807, 2.05) is 6.07 Å². The third-order valence-electron chi connectivity index (χ3n) is 3.58. The second-order valence-electron chi connectivity index (χ2n) is 4.78. The standard InChI is InChI=1S/C19H18O4/c1-5-12-7-9-14(19(20)21)15(11-12)17-13(6-2)8-10-16(22-3)18(17)23-4/h5-11H,1-2H2,3-4H3,(H,20,21). The zero-order chi connectivity index (χ0) is 17.0. The molecule has 0 unspecified atom stereocenters. The molecule has 0 saturated heterocycles. The number of benzene rings is 2. The molecular weight excluding hydrogens is 292 g/mol. The van der Waals surface area contributed by atoms with Crippen molar-refractivity contribution < 1.29 is 19.4 Å². The quantitative estimate of drug-likeness (QED) is 0.861. The molecule has 0 aliphatic rings. The maximum Gasteiger partial charge on any atom is 0.336 e. The topological polar surface area (TPSA) is 55.8 Å². The van der Waals surface area contributed by atoms with E-state index < -0.39 is 5.97 Å². The lowest BCUT2D eigenvalue weighted by Gasteiger charge is -2.17. The Morgan fingerprint density at radius 3 is 2.35 bits per heavy atom. The van der Waals surface area contributed by atoms with Crippen LogP contribution in [0.3, 0.4) is 0 Å². The molecule has 4 nitrogen and oxygen atoms in total. The van der Waals surface area contributed by atoms with Crippen molar-refractivity contribution in [1.82, 2.24) is 0 Å². The van der Waals surface area contributed by atoms with Gasteiger partial charge in [0.05, 0.1) is 19.8 Å². The highest BCUT2D eigenvalue weighted by Gasteiger charge is 2.20. The molecule has 0 radical (unpaired) electrons. The Bertz CT molecular complexity index is 775. The summed E-state index contributed by atoms with van der Waals surface area (Å²) >= 11 is 0. The fourth-order valence-corrected chi connectivity index (χ4v) is 2.47. The van der Waals surface area contributed by atoms with Crippen molar-refractivity contribution >= 4 is 18.1 Å². The summed E-state index contributed by atoms with van der Waals surface area (Å²) in [4.78, 5) is 11.6. The Labute approximate surface area is 135 Å². The van der Waals surface area contributed by atoms with E-state index >= 15 is 0 Å². The number of aromatic carboxylic acids is 1. The van der Waals surface area contributed by atoms with Crippen LogP contribution in [0.25, 0.3) is 23.3 Å². The smallest absolute Gasteiger partial charge is 0.336 e. The number of carbonyl (C=O) groups is 1. The average molecular weight is 310 g/mol. The summed E-state index contributed by atoms with van der Waals surface area (Å²) in [5, 5.41) is 9.52. The van der Waals surface area contributed by atoms with E-state index in [4.69, 9.17) is 9.47 Å². The number of carboxylic acids is 1.